The number of carboxylic acids is 1. The Morgan fingerprint density at radius 3 is 2.56 bits per heavy atom. The molecule has 2 N–H and O–H groups in total. The standard InChI is InChI=1S/C28H28F3N5O5/c1-40-21-10-8-20(9-11-21)36-25(28(29,30)31)22(14-32-36)27-33-26(34-41-27)19-6-4-18(5-7-19)23(37)16-35-12-2-3-17(15-35)13-24(38)39/h4-11,14,17,23,37H,2-3,12-13,15-16H2,1H3,(H,38,39)/t17-,23-/m1/s1. The van der Waals surface area contributed by atoms with Gasteiger partial charge in [-0.15, -0.1) is 0 Å². The van der Waals surface area contributed by atoms with Crippen molar-refractivity contribution in [2.24, 2.45) is 5.92 Å². The van der Waals surface area contributed by atoms with Crippen LogP contribution in [0.2, 0.25) is 0 Å². The molecular weight excluding hydrogens is 543 g/mol. The average Bonchev–Trinajstić information content (AvgIpc) is 3.61. The fourth-order valence-corrected chi connectivity index (χ4v) is 5.08. The highest BCUT2D eigenvalue weighted by atomic mass is 19.4. The first-order valence-corrected chi connectivity index (χ1v) is 13.0. The van der Waals surface area contributed by atoms with Crippen LogP contribution in [0.4, 0.5) is 13.2 Å². The number of piperidine rings is 1. The lowest BCUT2D eigenvalue weighted by Gasteiger charge is -2.33. The molecule has 4 aromatic rings. The quantitative estimate of drug-likeness (QED) is 0.290. The SMILES string of the molecule is COc1ccc(-n2ncc(-c3nc(-c4ccc([C@H](O)CN5CCC[C@H](CC(=O)O)C5)cc4)no3)c2C(F)(F)F)cc1. The number of likely N-dealkylation sites (tertiary alicyclic amines) is 1. The smallest absolute Gasteiger partial charge is 0.434 e. The van der Waals surface area contributed by atoms with E-state index in [0.717, 1.165) is 30.3 Å². The molecule has 2 aromatic carbocycles. The Kier molecular flexibility index (Phi) is 8.08. The molecule has 3 heterocycles. The number of ether oxygens (including phenoxy) is 1. The Hall–Kier alpha value is -4.23. The minimum atomic E-state index is -4.76. The van der Waals surface area contributed by atoms with Gasteiger partial charge in [-0.2, -0.15) is 23.3 Å². The summed E-state index contributed by atoms with van der Waals surface area (Å²) >= 11 is 0. The number of aliphatic hydroxyl groups excluding tert-OH is 1. The summed E-state index contributed by atoms with van der Waals surface area (Å²) in [5, 5.41) is 27.6. The Morgan fingerprint density at radius 1 is 1.17 bits per heavy atom. The van der Waals surface area contributed by atoms with Gasteiger partial charge in [0.1, 0.15) is 5.75 Å². The van der Waals surface area contributed by atoms with Crippen LogP contribution in [-0.2, 0) is 11.0 Å². The number of nitrogens with zero attached hydrogens (tertiary/aromatic N) is 5. The van der Waals surface area contributed by atoms with E-state index >= 15 is 0 Å². The minimum absolute atomic E-state index is 0.0597. The maximum absolute atomic E-state index is 14.1. The third-order valence-electron chi connectivity index (χ3n) is 7.06. The molecule has 216 valence electrons. The van der Waals surface area contributed by atoms with Gasteiger partial charge < -0.3 is 24.4 Å². The van der Waals surface area contributed by atoms with E-state index in [9.17, 15) is 23.1 Å². The number of aromatic nitrogens is 4. The number of carbonyl (C=O) groups is 1. The van der Waals surface area contributed by atoms with Crippen molar-refractivity contribution < 1.29 is 37.4 Å². The van der Waals surface area contributed by atoms with Gasteiger partial charge in [-0.1, -0.05) is 29.4 Å². The summed E-state index contributed by atoms with van der Waals surface area (Å²) in [6.07, 6.45) is -2.69. The monoisotopic (exact) mass is 571 g/mol. The molecule has 10 nitrogen and oxygen atoms in total. The number of carboxylic acid groups (broad SMARTS) is 1. The van der Waals surface area contributed by atoms with Crippen LogP contribution in [0.1, 0.15) is 36.6 Å². The fourth-order valence-electron chi connectivity index (χ4n) is 5.08. The Morgan fingerprint density at radius 2 is 1.90 bits per heavy atom. The largest absolute Gasteiger partial charge is 0.497 e. The van der Waals surface area contributed by atoms with Gasteiger partial charge >= 0.3 is 12.1 Å². The average molecular weight is 572 g/mol. The molecular formula is C28H28F3N5O5. The number of aliphatic hydroxyl groups is 1. The van der Waals surface area contributed by atoms with E-state index < -0.39 is 23.9 Å². The normalized spacial score (nSPS) is 17.0. The zero-order valence-electron chi connectivity index (χ0n) is 22.1. The lowest BCUT2D eigenvalue weighted by Crippen LogP contribution is -2.38. The van der Waals surface area contributed by atoms with Gasteiger partial charge in [-0.05, 0) is 55.1 Å². The maximum Gasteiger partial charge on any atom is 0.434 e. The van der Waals surface area contributed by atoms with Crippen LogP contribution in [-0.4, -0.2) is 67.7 Å². The fraction of sp³-hybridized carbons (Fsp3) is 0.357. The highest BCUT2D eigenvalue weighted by Gasteiger charge is 2.40. The maximum atomic E-state index is 14.1. The Bertz CT molecular complexity index is 1480. The van der Waals surface area contributed by atoms with E-state index in [1.165, 1.54) is 31.4 Å². The number of β-amino-alcohol motifs (C(OH)–C–C–N with tert-alkyl or cyclic N) is 1. The van der Waals surface area contributed by atoms with Gasteiger partial charge in [-0.3, -0.25) is 4.79 Å². The lowest BCUT2D eigenvalue weighted by atomic mass is 9.94. The number of methoxy groups -OCH3 is 1. The first kappa shape index (κ1) is 28.3. The van der Waals surface area contributed by atoms with Crippen molar-refractivity contribution in [3.63, 3.8) is 0 Å². The molecule has 2 atom stereocenters. The van der Waals surface area contributed by atoms with E-state index in [4.69, 9.17) is 14.4 Å². The molecule has 5 rings (SSSR count). The molecule has 13 heteroatoms. The molecule has 1 aliphatic rings. The van der Waals surface area contributed by atoms with Crippen molar-refractivity contribution in [2.75, 3.05) is 26.7 Å². The second kappa shape index (κ2) is 11.7. The third kappa shape index (κ3) is 6.41. The van der Waals surface area contributed by atoms with E-state index in [0.29, 0.717) is 30.0 Å². The van der Waals surface area contributed by atoms with Crippen LogP contribution in [0, 0.1) is 5.92 Å². The Balaban J connectivity index is 1.32. The zero-order valence-corrected chi connectivity index (χ0v) is 22.1. The number of hydrogen-bond acceptors (Lipinski definition) is 8. The number of rotatable bonds is 9. The van der Waals surface area contributed by atoms with Gasteiger partial charge in [0.25, 0.3) is 5.89 Å². The van der Waals surface area contributed by atoms with E-state index in [-0.39, 0.29) is 35.3 Å². The summed E-state index contributed by atoms with van der Waals surface area (Å²) < 4.78 is 53.4. The minimum Gasteiger partial charge on any atom is -0.497 e. The highest BCUT2D eigenvalue weighted by molar-refractivity contribution is 5.67. The molecule has 0 bridgehead atoms. The van der Waals surface area contributed by atoms with Crippen molar-refractivity contribution in [1.82, 2.24) is 24.8 Å². The van der Waals surface area contributed by atoms with Crippen molar-refractivity contribution in [1.29, 1.82) is 0 Å². The zero-order chi connectivity index (χ0) is 29.1. The summed E-state index contributed by atoms with van der Waals surface area (Å²) in [7, 11) is 1.46. The van der Waals surface area contributed by atoms with Crippen LogP contribution in [0.5, 0.6) is 5.75 Å². The number of hydrogen-bond donors (Lipinski definition) is 2. The van der Waals surface area contributed by atoms with E-state index in [2.05, 4.69) is 20.1 Å². The third-order valence-corrected chi connectivity index (χ3v) is 7.06. The van der Waals surface area contributed by atoms with E-state index in [1.54, 1.807) is 24.3 Å². The molecule has 2 aromatic heterocycles. The topological polar surface area (TPSA) is 127 Å². The van der Waals surface area contributed by atoms with Crippen molar-refractivity contribution >= 4 is 5.97 Å². The first-order valence-electron chi connectivity index (χ1n) is 13.0. The summed E-state index contributed by atoms with van der Waals surface area (Å²) in [5.41, 5.74) is -0.105. The van der Waals surface area contributed by atoms with Gasteiger partial charge in [0, 0.05) is 25.1 Å². The lowest BCUT2D eigenvalue weighted by molar-refractivity contribution is -0.142. The number of benzene rings is 2. The van der Waals surface area contributed by atoms with Gasteiger partial charge in [0.15, 0.2) is 5.69 Å². The Labute approximate surface area is 233 Å². The van der Waals surface area contributed by atoms with Crippen LogP contribution in [0.15, 0.2) is 59.3 Å². The second-order valence-corrected chi connectivity index (χ2v) is 9.94. The number of halogens is 3. The molecule has 1 saturated heterocycles. The van der Waals surface area contributed by atoms with Gasteiger partial charge in [0.2, 0.25) is 5.82 Å². The number of aliphatic carboxylic acids is 1. The predicted molar refractivity (Wildman–Crippen MR) is 140 cm³/mol. The summed E-state index contributed by atoms with van der Waals surface area (Å²) in [6.45, 7) is 1.76. The molecule has 0 aliphatic carbocycles. The number of alkyl halides is 3. The summed E-state index contributed by atoms with van der Waals surface area (Å²) in [4.78, 5) is 17.3. The molecule has 41 heavy (non-hydrogen) atoms. The first-order chi connectivity index (χ1) is 19.6. The predicted octanol–water partition coefficient (Wildman–Crippen LogP) is 4.84. The van der Waals surface area contributed by atoms with Crippen molar-refractivity contribution in [2.45, 2.75) is 31.5 Å². The molecule has 0 radical (unpaired) electrons. The summed E-state index contributed by atoms with van der Waals surface area (Å²) in [6, 6.07) is 12.7. The van der Waals surface area contributed by atoms with E-state index in [1.807, 2.05) is 0 Å². The van der Waals surface area contributed by atoms with Crippen molar-refractivity contribution in [3.8, 4) is 34.3 Å². The summed E-state index contributed by atoms with van der Waals surface area (Å²) in [5.74, 6) is -0.524. The molecule has 0 saturated carbocycles. The van der Waals surface area contributed by atoms with Gasteiger partial charge in [-0.25, -0.2) is 4.68 Å². The van der Waals surface area contributed by atoms with Crippen LogP contribution >= 0.6 is 0 Å². The molecule has 0 unspecified atom stereocenters. The van der Waals surface area contributed by atoms with Crippen LogP contribution < -0.4 is 4.74 Å². The molecule has 0 amide bonds. The molecule has 0 spiro atoms. The molecule has 1 aliphatic heterocycles. The van der Waals surface area contributed by atoms with Crippen molar-refractivity contribution in [3.05, 3.63) is 66.0 Å². The van der Waals surface area contributed by atoms with Gasteiger partial charge in [0.05, 0.1) is 30.7 Å². The van der Waals surface area contributed by atoms with Crippen LogP contribution in [0.3, 0.4) is 0 Å². The molecule has 1 fully saturated rings. The highest BCUT2D eigenvalue weighted by Crippen LogP contribution is 2.38. The van der Waals surface area contributed by atoms with Crippen LogP contribution in [0.25, 0.3) is 28.5 Å². The second-order valence-electron chi connectivity index (χ2n) is 9.94.